The predicted molar refractivity (Wildman–Crippen MR) is 79.4 cm³/mol. The molecule has 2 atom stereocenters. The third kappa shape index (κ3) is 3.59. The first kappa shape index (κ1) is 14.6. The second-order valence-electron chi connectivity index (χ2n) is 5.61. The van der Waals surface area contributed by atoms with Crippen LogP contribution in [0.2, 0.25) is 0 Å². The summed E-state index contributed by atoms with van der Waals surface area (Å²) in [6.07, 6.45) is 4.41. The highest BCUT2D eigenvalue weighted by molar-refractivity contribution is 6.39. The highest BCUT2D eigenvalue weighted by Gasteiger charge is 2.25. The molecular formula is C16H22N2O2. The highest BCUT2D eigenvalue weighted by Crippen LogP contribution is 2.23. The molecule has 0 aliphatic heterocycles. The summed E-state index contributed by atoms with van der Waals surface area (Å²) in [6, 6.07) is 7.55. The first-order valence-electron chi connectivity index (χ1n) is 7.25. The van der Waals surface area contributed by atoms with Crippen LogP contribution in [0.4, 0.5) is 5.69 Å². The Bertz CT molecular complexity index is 499. The Balaban J connectivity index is 1.92. The molecule has 20 heavy (non-hydrogen) atoms. The van der Waals surface area contributed by atoms with Gasteiger partial charge in [-0.15, -0.1) is 0 Å². The average molecular weight is 274 g/mol. The molecule has 2 N–H and O–H groups in total. The third-order valence-corrected chi connectivity index (χ3v) is 4.03. The number of carbonyl (C=O) groups is 2. The van der Waals surface area contributed by atoms with Crippen molar-refractivity contribution in [3.63, 3.8) is 0 Å². The van der Waals surface area contributed by atoms with Crippen LogP contribution in [0.1, 0.15) is 38.2 Å². The van der Waals surface area contributed by atoms with E-state index in [0.29, 0.717) is 11.6 Å². The van der Waals surface area contributed by atoms with E-state index in [0.717, 1.165) is 24.8 Å². The SMILES string of the molecule is Cc1ccccc1NC(=O)C(=O)N[C@@H]1CCCC[C@@H]1C. The van der Waals surface area contributed by atoms with Gasteiger partial charge in [0.2, 0.25) is 0 Å². The molecule has 2 rings (SSSR count). The summed E-state index contributed by atoms with van der Waals surface area (Å²) in [5, 5.41) is 5.52. The van der Waals surface area contributed by atoms with Crippen LogP contribution in [0.15, 0.2) is 24.3 Å². The number of carbonyl (C=O) groups excluding carboxylic acids is 2. The van der Waals surface area contributed by atoms with Gasteiger partial charge in [0.15, 0.2) is 0 Å². The molecular weight excluding hydrogens is 252 g/mol. The molecule has 2 amide bonds. The molecule has 0 aromatic heterocycles. The summed E-state index contributed by atoms with van der Waals surface area (Å²) in [4.78, 5) is 23.9. The summed E-state index contributed by atoms with van der Waals surface area (Å²) in [7, 11) is 0. The van der Waals surface area contributed by atoms with Crippen molar-refractivity contribution in [2.24, 2.45) is 5.92 Å². The smallest absolute Gasteiger partial charge is 0.313 e. The van der Waals surface area contributed by atoms with Crippen LogP contribution >= 0.6 is 0 Å². The van der Waals surface area contributed by atoms with Crippen molar-refractivity contribution in [1.29, 1.82) is 0 Å². The molecule has 0 radical (unpaired) electrons. The van der Waals surface area contributed by atoms with Gasteiger partial charge in [0, 0.05) is 11.7 Å². The molecule has 0 saturated heterocycles. The lowest BCUT2D eigenvalue weighted by atomic mass is 9.86. The van der Waals surface area contributed by atoms with E-state index in [1.54, 1.807) is 6.07 Å². The van der Waals surface area contributed by atoms with Gasteiger partial charge in [-0.25, -0.2) is 0 Å². The third-order valence-electron chi connectivity index (χ3n) is 4.03. The number of para-hydroxylation sites is 1. The standard InChI is InChI=1S/C16H22N2O2/c1-11-7-3-5-9-13(11)17-15(19)16(20)18-14-10-6-4-8-12(14)2/h3,5,7,9,12,14H,4,6,8,10H2,1-2H3,(H,17,19)(H,18,20)/t12-,14+/m0/s1. The number of hydrogen-bond donors (Lipinski definition) is 2. The lowest BCUT2D eigenvalue weighted by molar-refractivity contribution is -0.137. The maximum atomic E-state index is 11.9. The van der Waals surface area contributed by atoms with E-state index in [1.807, 2.05) is 25.1 Å². The summed E-state index contributed by atoms with van der Waals surface area (Å²) in [5.41, 5.74) is 1.63. The molecule has 0 bridgehead atoms. The number of amides is 2. The van der Waals surface area contributed by atoms with Crippen molar-refractivity contribution in [3.8, 4) is 0 Å². The largest absolute Gasteiger partial charge is 0.345 e. The quantitative estimate of drug-likeness (QED) is 0.814. The van der Waals surface area contributed by atoms with E-state index < -0.39 is 11.8 Å². The summed E-state index contributed by atoms with van der Waals surface area (Å²) >= 11 is 0. The molecule has 1 saturated carbocycles. The Morgan fingerprint density at radius 1 is 1.10 bits per heavy atom. The molecule has 0 unspecified atom stereocenters. The second-order valence-corrected chi connectivity index (χ2v) is 5.61. The number of anilines is 1. The Kier molecular flexibility index (Phi) is 4.77. The lowest BCUT2D eigenvalue weighted by Crippen LogP contribution is -2.45. The van der Waals surface area contributed by atoms with Crippen LogP contribution < -0.4 is 10.6 Å². The second kappa shape index (κ2) is 6.55. The zero-order valence-electron chi connectivity index (χ0n) is 12.1. The number of nitrogens with one attached hydrogen (secondary N) is 2. The summed E-state index contributed by atoms with van der Waals surface area (Å²) in [5.74, 6) is -0.678. The molecule has 1 aromatic rings. The Labute approximate surface area is 119 Å². The minimum absolute atomic E-state index is 0.124. The van der Waals surface area contributed by atoms with Crippen molar-refractivity contribution in [3.05, 3.63) is 29.8 Å². The lowest BCUT2D eigenvalue weighted by Gasteiger charge is -2.29. The van der Waals surface area contributed by atoms with Crippen LogP contribution in [0, 0.1) is 12.8 Å². The van der Waals surface area contributed by atoms with E-state index in [-0.39, 0.29) is 6.04 Å². The molecule has 4 heteroatoms. The van der Waals surface area contributed by atoms with E-state index in [2.05, 4.69) is 17.6 Å². The van der Waals surface area contributed by atoms with Crippen LogP contribution in [-0.2, 0) is 9.59 Å². The molecule has 1 aliphatic carbocycles. The monoisotopic (exact) mass is 274 g/mol. The van der Waals surface area contributed by atoms with Gasteiger partial charge < -0.3 is 10.6 Å². The molecule has 108 valence electrons. The Hall–Kier alpha value is -1.84. The topological polar surface area (TPSA) is 58.2 Å². The Morgan fingerprint density at radius 3 is 2.50 bits per heavy atom. The minimum Gasteiger partial charge on any atom is -0.345 e. The number of hydrogen-bond acceptors (Lipinski definition) is 2. The highest BCUT2D eigenvalue weighted by atomic mass is 16.2. The number of benzene rings is 1. The molecule has 1 fully saturated rings. The van der Waals surface area contributed by atoms with Gasteiger partial charge in [0.1, 0.15) is 0 Å². The normalized spacial score (nSPS) is 22.1. The van der Waals surface area contributed by atoms with E-state index in [1.165, 1.54) is 6.42 Å². The fourth-order valence-corrected chi connectivity index (χ4v) is 2.66. The van der Waals surface area contributed by atoms with Crippen molar-refractivity contribution in [2.75, 3.05) is 5.32 Å². The zero-order valence-corrected chi connectivity index (χ0v) is 12.1. The van der Waals surface area contributed by atoms with Gasteiger partial charge in [-0.05, 0) is 37.3 Å². The maximum Gasteiger partial charge on any atom is 0.313 e. The molecule has 4 nitrogen and oxygen atoms in total. The van der Waals surface area contributed by atoms with Gasteiger partial charge in [0.25, 0.3) is 0 Å². The maximum absolute atomic E-state index is 11.9. The molecule has 1 aromatic carbocycles. The first-order valence-corrected chi connectivity index (χ1v) is 7.25. The van der Waals surface area contributed by atoms with Crippen molar-refractivity contribution < 1.29 is 9.59 Å². The average Bonchev–Trinajstić information content (AvgIpc) is 2.43. The van der Waals surface area contributed by atoms with Gasteiger partial charge in [0.05, 0.1) is 0 Å². The predicted octanol–water partition coefficient (Wildman–Crippen LogP) is 2.63. The molecule has 1 aliphatic rings. The fraction of sp³-hybridized carbons (Fsp3) is 0.500. The van der Waals surface area contributed by atoms with Gasteiger partial charge in [-0.2, -0.15) is 0 Å². The van der Waals surface area contributed by atoms with Crippen molar-refractivity contribution in [2.45, 2.75) is 45.6 Å². The van der Waals surface area contributed by atoms with Crippen molar-refractivity contribution >= 4 is 17.5 Å². The zero-order chi connectivity index (χ0) is 14.5. The van der Waals surface area contributed by atoms with Gasteiger partial charge in [-0.3, -0.25) is 9.59 Å². The molecule has 0 heterocycles. The van der Waals surface area contributed by atoms with Gasteiger partial charge in [-0.1, -0.05) is 38.0 Å². The Morgan fingerprint density at radius 2 is 1.80 bits per heavy atom. The fourth-order valence-electron chi connectivity index (χ4n) is 2.66. The van der Waals surface area contributed by atoms with Crippen molar-refractivity contribution in [1.82, 2.24) is 5.32 Å². The number of aryl methyl sites for hydroxylation is 1. The van der Waals surface area contributed by atoms with Crippen LogP contribution in [0.3, 0.4) is 0 Å². The first-order chi connectivity index (χ1) is 9.58. The van der Waals surface area contributed by atoms with E-state index in [9.17, 15) is 9.59 Å². The van der Waals surface area contributed by atoms with E-state index in [4.69, 9.17) is 0 Å². The minimum atomic E-state index is -0.586. The number of rotatable bonds is 2. The van der Waals surface area contributed by atoms with Crippen LogP contribution in [-0.4, -0.2) is 17.9 Å². The van der Waals surface area contributed by atoms with Crippen LogP contribution in [0.25, 0.3) is 0 Å². The van der Waals surface area contributed by atoms with Gasteiger partial charge >= 0.3 is 11.8 Å². The molecule has 0 spiro atoms. The van der Waals surface area contributed by atoms with Crippen LogP contribution in [0.5, 0.6) is 0 Å². The summed E-state index contributed by atoms with van der Waals surface area (Å²) in [6.45, 7) is 4.03. The summed E-state index contributed by atoms with van der Waals surface area (Å²) < 4.78 is 0. The van der Waals surface area contributed by atoms with E-state index >= 15 is 0 Å².